The molecule has 0 saturated carbocycles. The van der Waals surface area contributed by atoms with Gasteiger partial charge in [0.2, 0.25) is 0 Å². The number of pyridine rings is 1. The minimum atomic E-state index is -0.900. The first-order chi connectivity index (χ1) is 13.3. The number of piperazine rings is 1. The van der Waals surface area contributed by atoms with Crippen LogP contribution in [0.2, 0.25) is 5.02 Å². The largest absolute Gasteiger partial charge is 0.486 e. The standard InChI is InChI=1S/C20H21ClFN3O3/c1-8-9(2)23-19-16-15(8)13(22)6-12(21)18(16)28-10(3)17-14-5-4-11(7-24(17)19)25(14)20(26)27/h6,10-11,14,17H,4-5,7H2,1-3H3,(H,26,27). The lowest BCUT2D eigenvalue weighted by Gasteiger charge is -2.47. The number of fused-ring (bicyclic) bond motifs is 5. The zero-order valence-electron chi connectivity index (χ0n) is 15.9. The van der Waals surface area contributed by atoms with E-state index < -0.39 is 11.9 Å². The highest BCUT2D eigenvalue weighted by Gasteiger charge is 2.52. The molecule has 1 aromatic heterocycles. The molecule has 1 aromatic carbocycles. The van der Waals surface area contributed by atoms with Gasteiger partial charge < -0.3 is 14.7 Å². The maximum absolute atomic E-state index is 14.9. The third-order valence-corrected chi connectivity index (χ3v) is 6.87. The van der Waals surface area contributed by atoms with Gasteiger partial charge in [0.1, 0.15) is 23.5 Å². The summed E-state index contributed by atoms with van der Waals surface area (Å²) in [5.74, 6) is 0.684. The summed E-state index contributed by atoms with van der Waals surface area (Å²) >= 11 is 6.38. The topological polar surface area (TPSA) is 65.9 Å². The molecule has 3 aliphatic heterocycles. The highest BCUT2D eigenvalue weighted by molar-refractivity contribution is 6.33. The Morgan fingerprint density at radius 3 is 2.82 bits per heavy atom. The number of nitrogens with zero attached hydrogens (tertiary/aromatic N) is 3. The van der Waals surface area contributed by atoms with Crippen LogP contribution in [0.3, 0.4) is 0 Å². The average molecular weight is 406 g/mol. The molecule has 2 aromatic rings. The Bertz CT molecular complexity index is 1030. The Labute approximate surface area is 166 Å². The zero-order chi connectivity index (χ0) is 19.9. The van der Waals surface area contributed by atoms with Crippen LogP contribution in [0.4, 0.5) is 15.0 Å². The van der Waals surface area contributed by atoms with Crippen LogP contribution in [0.15, 0.2) is 6.07 Å². The summed E-state index contributed by atoms with van der Waals surface area (Å²) in [5, 5.41) is 11.0. The van der Waals surface area contributed by atoms with E-state index >= 15 is 0 Å². The lowest BCUT2D eigenvalue weighted by Crippen LogP contribution is -2.64. The molecule has 1 amide bonds. The van der Waals surface area contributed by atoms with Crippen molar-refractivity contribution in [2.24, 2.45) is 0 Å². The number of hydrogen-bond acceptors (Lipinski definition) is 4. The molecule has 0 radical (unpaired) electrons. The van der Waals surface area contributed by atoms with Crippen molar-refractivity contribution >= 4 is 34.3 Å². The lowest BCUT2D eigenvalue weighted by molar-refractivity contribution is 0.0719. The van der Waals surface area contributed by atoms with Crippen LogP contribution in [0, 0.1) is 19.7 Å². The fourth-order valence-corrected chi connectivity index (χ4v) is 5.55. The number of aryl methyl sites for hydroxylation is 2. The van der Waals surface area contributed by atoms with E-state index in [1.54, 1.807) is 4.90 Å². The maximum atomic E-state index is 14.9. The Morgan fingerprint density at radius 1 is 1.36 bits per heavy atom. The van der Waals surface area contributed by atoms with E-state index in [1.807, 2.05) is 20.8 Å². The highest BCUT2D eigenvalue weighted by Crippen LogP contribution is 2.48. The summed E-state index contributed by atoms with van der Waals surface area (Å²) in [4.78, 5) is 20.4. The molecule has 2 fully saturated rings. The summed E-state index contributed by atoms with van der Waals surface area (Å²) in [6.07, 6.45) is 0.356. The van der Waals surface area contributed by atoms with E-state index in [9.17, 15) is 14.3 Å². The first-order valence-electron chi connectivity index (χ1n) is 9.53. The van der Waals surface area contributed by atoms with Gasteiger partial charge in [-0.2, -0.15) is 0 Å². The van der Waals surface area contributed by atoms with Gasteiger partial charge in [0.05, 0.1) is 28.5 Å². The predicted molar refractivity (Wildman–Crippen MR) is 104 cm³/mol. The van der Waals surface area contributed by atoms with E-state index in [4.69, 9.17) is 21.3 Å². The minimum Gasteiger partial charge on any atom is -0.486 e. The summed E-state index contributed by atoms with van der Waals surface area (Å²) in [6, 6.07) is 0.791. The van der Waals surface area contributed by atoms with Crippen LogP contribution < -0.4 is 9.64 Å². The van der Waals surface area contributed by atoms with Gasteiger partial charge in [-0.1, -0.05) is 11.6 Å². The van der Waals surface area contributed by atoms with Gasteiger partial charge in [-0.15, -0.1) is 0 Å². The number of hydrogen-bond donors (Lipinski definition) is 1. The number of anilines is 1. The fourth-order valence-electron chi connectivity index (χ4n) is 5.31. The smallest absolute Gasteiger partial charge is 0.407 e. The molecule has 4 heterocycles. The number of halogens is 2. The number of rotatable bonds is 0. The fraction of sp³-hybridized carbons (Fsp3) is 0.500. The number of carbonyl (C=O) groups is 1. The third kappa shape index (κ3) is 2.19. The third-order valence-electron chi connectivity index (χ3n) is 6.59. The molecule has 6 nitrogen and oxygen atoms in total. The number of ether oxygens (including phenoxy) is 1. The van der Waals surface area contributed by atoms with Gasteiger partial charge >= 0.3 is 6.09 Å². The molecular formula is C20H21ClFN3O3. The Balaban J connectivity index is 1.80. The van der Waals surface area contributed by atoms with Crippen molar-refractivity contribution in [1.82, 2.24) is 9.88 Å². The molecule has 4 atom stereocenters. The van der Waals surface area contributed by atoms with E-state index in [1.165, 1.54) is 6.07 Å². The van der Waals surface area contributed by atoms with Crippen molar-refractivity contribution in [3.63, 3.8) is 0 Å². The Kier molecular flexibility index (Phi) is 3.72. The van der Waals surface area contributed by atoms with Crippen LogP contribution in [0.1, 0.15) is 31.0 Å². The Hall–Kier alpha value is -2.28. The first-order valence-corrected chi connectivity index (χ1v) is 9.90. The van der Waals surface area contributed by atoms with Gasteiger partial charge in [0.15, 0.2) is 0 Å². The van der Waals surface area contributed by atoms with Crippen LogP contribution in [0.5, 0.6) is 5.75 Å². The SMILES string of the molecule is Cc1nc2c3c(c(Cl)cc(F)c3c1C)OC(C)C1C3CCC(CN21)N3C(=O)O. The van der Waals surface area contributed by atoms with Crippen LogP contribution in [0.25, 0.3) is 10.8 Å². The van der Waals surface area contributed by atoms with E-state index in [0.29, 0.717) is 28.9 Å². The summed E-state index contributed by atoms with van der Waals surface area (Å²) in [7, 11) is 0. The molecule has 4 unspecified atom stereocenters. The molecular weight excluding hydrogens is 385 g/mol. The van der Waals surface area contributed by atoms with Crippen molar-refractivity contribution in [1.29, 1.82) is 0 Å². The molecule has 8 heteroatoms. The van der Waals surface area contributed by atoms with Gasteiger partial charge in [-0.25, -0.2) is 14.2 Å². The van der Waals surface area contributed by atoms with Crippen LogP contribution in [-0.4, -0.2) is 51.9 Å². The average Bonchev–Trinajstić information content (AvgIpc) is 2.88. The number of aromatic nitrogens is 1. The highest BCUT2D eigenvalue weighted by atomic mass is 35.5. The molecule has 5 rings (SSSR count). The molecule has 148 valence electrons. The molecule has 0 spiro atoms. The monoisotopic (exact) mass is 405 g/mol. The zero-order valence-corrected chi connectivity index (χ0v) is 16.6. The second kappa shape index (κ2) is 5.86. The van der Waals surface area contributed by atoms with Crippen molar-refractivity contribution in [3.05, 3.63) is 28.2 Å². The minimum absolute atomic E-state index is 0.102. The summed E-state index contributed by atoms with van der Waals surface area (Å²) in [5.41, 5.74) is 1.51. The molecule has 28 heavy (non-hydrogen) atoms. The van der Waals surface area contributed by atoms with E-state index in [-0.39, 0.29) is 29.3 Å². The number of carboxylic acid groups (broad SMARTS) is 1. The molecule has 2 saturated heterocycles. The van der Waals surface area contributed by atoms with Crippen LogP contribution >= 0.6 is 11.6 Å². The van der Waals surface area contributed by atoms with E-state index in [2.05, 4.69) is 4.90 Å². The summed E-state index contributed by atoms with van der Waals surface area (Å²) in [6.45, 7) is 6.15. The predicted octanol–water partition coefficient (Wildman–Crippen LogP) is 4.12. The molecule has 0 aliphatic carbocycles. The van der Waals surface area contributed by atoms with Gasteiger partial charge in [0, 0.05) is 17.6 Å². The van der Waals surface area contributed by atoms with Gasteiger partial charge in [-0.3, -0.25) is 4.90 Å². The Morgan fingerprint density at radius 2 is 2.11 bits per heavy atom. The van der Waals surface area contributed by atoms with Crippen molar-refractivity contribution in [3.8, 4) is 5.75 Å². The second-order valence-corrected chi connectivity index (χ2v) is 8.43. The van der Waals surface area contributed by atoms with Gasteiger partial charge in [-0.05, 0) is 45.2 Å². The van der Waals surface area contributed by atoms with Gasteiger partial charge in [0.25, 0.3) is 0 Å². The van der Waals surface area contributed by atoms with Crippen LogP contribution in [-0.2, 0) is 0 Å². The first kappa shape index (κ1) is 17.8. The normalized spacial score (nSPS) is 28.2. The maximum Gasteiger partial charge on any atom is 0.407 e. The van der Waals surface area contributed by atoms with Crippen molar-refractivity contribution < 1.29 is 19.0 Å². The van der Waals surface area contributed by atoms with E-state index in [0.717, 1.165) is 24.1 Å². The number of amides is 1. The van der Waals surface area contributed by atoms with Crippen molar-refractivity contribution in [2.75, 3.05) is 11.4 Å². The molecule has 3 aliphatic rings. The quantitative estimate of drug-likeness (QED) is 0.714. The summed E-state index contributed by atoms with van der Waals surface area (Å²) < 4.78 is 21.2. The lowest BCUT2D eigenvalue weighted by atomic mass is 9.97. The van der Waals surface area contributed by atoms with Crippen molar-refractivity contribution in [2.45, 2.75) is 57.8 Å². The molecule has 2 bridgehead atoms. The number of benzene rings is 1. The molecule has 1 N–H and O–H groups in total. The second-order valence-electron chi connectivity index (χ2n) is 8.02.